The maximum atomic E-state index is 13.6. The van der Waals surface area contributed by atoms with E-state index < -0.39 is 15.8 Å². The van der Waals surface area contributed by atoms with Crippen LogP contribution in [0.5, 0.6) is 11.5 Å². The fraction of sp³-hybridized carbons (Fsp3) is 0.333. The van der Waals surface area contributed by atoms with Gasteiger partial charge in [-0.15, -0.1) is 0 Å². The predicted molar refractivity (Wildman–Crippen MR) is 96.9 cm³/mol. The number of benzene rings is 2. The zero-order chi connectivity index (χ0) is 18.7. The first kappa shape index (κ1) is 18.5. The van der Waals surface area contributed by atoms with Gasteiger partial charge >= 0.3 is 0 Å². The van der Waals surface area contributed by atoms with E-state index in [0.29, 0.717) is 26.2 Å². The summed E-state index contributed by atoms with van der Waals surface area (Å²) in [5.41, 5.74) is 0.940. The van der Waals surface area contributed by atoms with Crippen LogP contribution in [-0.2, 0) is 10.0 Å². The summed E-state index contributed by atoms with van der Waals surface area (Å²) in [6.07, 6.45) is 0. The molecule has 0 N–H and O–H groups in total. The van der Waals surface area contributed by atoms with E-state index in [9.17, 15) is 12.8 Å². The van der Waals surface area contributed by atoms with Crippen molar-refractivity contribution in [2.24, 2.45) is 0 Å². The van der Waals surface area contributed by atoms with E-state index in [1.165, 1.54) is 23.5 Å². The Balaban J connectivity index is 1.77. The minimum Gasteiger partial charge on any atom is -0.495 e. The van der Waals surface area contributed by atoms with Crippen molar-refractivity contribution in [3.63, 3.8) is 0 Å². The van der Waals surface area contributed by atoms with Gasteiger partial charge in [0.25, 0.3) is 0 Å². The molecule has 0 saturated carbocycles. The Morgan fingerprint density at radius 2 is 1.58 bits per heavy atom. The molecule has 26 heavy (non-hydrogen) atoms. The van der Waals surface area contributed by atoms with Crippen molar-refractivity contribution < 1.29 is 22.3 Å². The molecule has 1 aliphatic rings. The third kappa shape index (κ3) is 3.47. The monoisotopic (exact) mass is 380 g/mol. The van der Waals surface area contributed by atoms with Crippen molar-refractivity contribution >= 4 is 15.7 Å². The van der Waals surface area contributed by atoms with Crippen LogP contribution in [0.25, 0.3) is 0 Å². The lowest BCUT2D eigenvalue weighted by Gasteiger charge is -2.35. The number of methoxy groups -OCH3 is 2. The second-order valence-electron chi connectivity index (χ2n) is 5.86. The van der Waals surface area contributed by atoms with Gasteiger partial charge in [0.15, 0.2) is 11.6 Å². The maximum absolute atomic E-state index is 13.6. The van der Waals surface area contributed by atoms with Crippen molar-refractivity contribution in [3.05, 3.63) is 48.3 Å². The SMILES string of the molecule is COc1cc(S(=O)(=O)N2CCN(c3ccccc3OC)CC2)ccc1F. The van der Waals surface area contributed by atoms with Crippen LogP contribution in [0.4, 0.5) is 10.1 Å². The molecule has 0 atom stereocenters. The topological polar surface area (TPSA) is 59.1 Å². The molecule has 0 aromatic heterocycles. The number of sulfonamides is 1. The van der Waals surface area contributed by atoms with Crippen molar-refractivity contribution in [1.29, 1.82) is 0 Å². The van der Waals surface area contributed by atoms with Gasteiger partial charge in [0.2, 0.25) is 10.0 Å². The molecule has 0 unspecified atom stereocenters. The number of hydrogen-bond acceptors (Lipinski definition) is 5. The summed E-state index contributed by atoms with van der Waals surface area (Å²) >= 11 is 0. The van der Waals surface area contributed by atoms with Crippen LogP contribution in [0.15, 0.2) is 47.4 Å². The summed E-state index contributed by atoms with van der Waals surface area (Å²) in [5.74, 6) is 0.0817. The smallest absolute Gasteiger partial charge is 0.243 e. The van der Waals surface area contributed by atoms with E-state index >= 15 is 0 Å². The minimum atomic E-state index is -3.70. The largest absolute Gasteiger partial charge is 0.495 e. The van der Waals surface area contributed by atoms with Gasteiger partial charge in [-0.1, -0.05) is 12.1 Å². The van der Waals surface area contributed by atoms with Crippen molar-refractivity contribution in [1.82, 2.24) is 4.31 Å². The highest BCUT2D eigenvalue weighted by molar-refractivity contribution is 7.89. The number of piperazine rings is 1. The normalized spacial score (nSPS) is 15.7. The van der Waals surface area contributed by atoms with Crippen LogP contribution < -0.4 is 14.4 Å². The second kappa shape index (κ2) is 7.51. The van der Waals surface area contributed by atoms with Gasteiger partial charge < -0.3 is 14.4 Å². The summed E-state index contributed by atoms with van der Waals surface area (Å²) in [6.45, 7) is 1.75. The molecular formula is C18H21FN2O4S. The quantitative estimate of drug-likeness (QED) is 0.797. The van der Waals surface area contributed by atoms with E-state index in [-0.39, 0.29) is 10.6 Å². The van der Waals surface area contributed by atoms with Crippen LogP contribution in [-0.4, -0.2) is 53.1 Å². The molecule has 1 heterocycles. The summed E-state index contributed by atoms with van der Waals surface area (Å²) < 4.78 is 50.9. The lowest BCUT2D eigenvalue weighted by Crippen LogP contribution is -2.48. The number of ether oxygens (including phenoxy) is 2. The van der Waals surface area contributed by atoms with E-state index in [0.717, 1.165) is 17.5 Å². The lowest BCUT2D eigenvalue weighted by molar-refractivity contribution is 0.374. The molecule has 0 aliphatic carbocycles. The molecule has 1 saturated heterocycles. The summed E-state index contributed by atoms with van der Waals surface area (Å²) in [4.78, 5) is 2.12. The third-order valence-electron chi connectivity index (χ3n) is 4.42. The Morgan fingerprint density at radius 1 is 0.923 bits per heavy atom. The van der Waals surface area contributed by atoms with Gasteiger partial charge in [0, 0.05) is 32.2 Å². The number of hydrogen-bond donors (Lipinski definition) is 0. The predicted octanol–water partition coefficient (Wildman–Crippen LogP) is 2.35. The van der Waals surface area contributed by atoms with Crippen molar-refractivity contribution in [3.8, 4) is 11.5 Å². The summed E-state index contributed by atoms with van der Waals surface area (Å²) in [5, 5.41) is 0. The number of anilines is 1. The first-order valence-electron chi connectivity index (χ1n) is 8.19. The Morgan fingerprint density at radius 3 is 2.23 bits per heavy atom. The van der Waals surface area contributed by atoms with Gasteiger partial charge in [0.05, 0.1) is 24.8 Å². The van der Waals surface area contributed by atoms with Crippen LogP contribution in [0.2, 0.25) is 0 Å². The Bertz CT molecular complexity index is 881. The fourth-order valence-electron chi connectivity index (χ4n) is 3.01. The first-order valence-corrected chi connectivity index (χ1v) is 9.63. The highest BCUT2D eigenvalue weighted by Crippen LogP contribution is 2.30. The first-order chi connectivity index (χ1) is 12.5. The molecule has 3 rings (SSSR count). The van der Waals surface area contributed by atoms with Gasteiger partial charge in [-0.25, -0.2) is 12.8 Å². The molecule has 8 heteroatoms. The van der Waals surface area contributed by atoms with Gasteiger partial charge in [-0.2, -0.15) is 4.31 Å². The van der Waals surface area contributed by atoms with Gasteiger partial charge in [-0.05, 0) is 24.3 Å². The molecular weight excluding hydrogens is 359 g/mol. The fourth-order valence-corrected chi connectivity index (χ4v) is 4.45. The van der Waals surface area contributed by atoms with Crippen molar-refractivity contribution in [2.45, 2.75) is 4.90 Å². The van der Waals surface area contributed by atoms with Crippen molar-refractivity contribution in [2.75, 3.05) is 45.3 Å². The minimum absolute atomic E-state index is 0.0292. The Kier molecular flexibility index (Phi) is 5.33. The van der Waals surface area contributed by atoms with Crippen LogP contribution >= 0.6 is 0 Å². The van der Waals surface area contributed by atoms with Gasteiger partial charge in [-0.3, -0.25) is 0 Å². The highest BCUT2D eigenvalue weighted by atomic mass is 32.2. The van der Waals surface area contributed by atoms with Crippen LogP contribution in [0.1, 0.15) is 0 Å². The zero-order valence-corrected chi connectivity index (χ0v) is 15.5. The number of para-hydroxylation sites is 2. The maximum Gasteiger partial charge on any atom is 0.243 e. The number of rotatable bonds is 5. The van der Waals surface area contributed by atoms with Crippen LogP contribution in [0, 0.1) is 5.82 Å². The molecule has 0 bridgehead atoms. The van der Waals surface area contributed by atoms with E-state index in [1.807, 2.05) is 24.3 Å². The highest BCUT2D eigenvalue weighted by Gasteiger charge is 2.30. The molecule has 1 aliphatic heterocycles. The lowest BCUT2D eigenvalue weighted by atomic mass is 10.2. The molecule has 0 amide bonds. The third-order valence-corrected chi connectivity index (χ3v) is 6.32. The molecule has 6 nitrogen and oxygen atoms in total. The number of nitrogens with zero attached hydrogens (tertiary/aromatic N) is 2. The van der Waals surface area contributed by atoms with E-state index in [1.54, 1.807) is 7.11 Å². The summed E-state index contributed by atoms with van der Waals surface area (Å²) in [7, 11) is -0.785. The molecule has 2 aromatic rings. The standard InChI is InChI=1S/C18H21FN2O4S/c1-24-17-6-4-3-5-16(17)20-9-11-21(12-10-20)26(22,23)14-7-8-15(19)18(13-14)25-2/h3-8,13H,9-12H2,1-2H3. The average molecular weight is 380 g/mol. The molecule has 2 aromatic carbocycles. The molecule has 0 spiro atoms. The van der Waals surface area contributed by atoms with Crippen LogP contribution in [0.3, 0.4) is 0 Å². The Hall–Kier alpha value is -2.32. The number of halogens is 1. The Labute approximate surface area is 152 Å². The molecule has 1 fully saturated rings. The molecule has 140 valence electrons. The average Bonchev–Trinajstić information content (AvgIpc) is 2.68. The van der Waals surface area contributed by atoms with E-state index in [2.05, 4.69) is 4.90 Å². The second-order valence-corrected chi connectivity index (χ2v) is 7.80. The molecule has 0 radical (unpaired) electrons. The zero-order valence-electron chi connectivity index (χ0n) is 14.7. The van der Waals surface area contributed by atoms with Gasteiger partial charge in [0.1, 0.15) is 5.75 Å². The summed E-state index contributed by atoms with van der Waals surface area (Å²) in [6, 6.07) is 11.2. The van der Waals surface area contributed by atoms with E-state index in [4.69, 9.17) is 9.47 Å².